The van der Waals surface area contributed by atoms with Crippen LogP contribution in [0.1, 0.15) is 31.4 Å². The largest absolute Gasteiger partial charge is 0.393 e. The van der Waals surface area contributed by atoms with E-state index < -0.39 is 6.04 Å². The zero-order valence-corrected chi connectivity index (χ0v) is 12.6. The van der Waals surface area contributed by atoms with Gasteiger partial charge in [0.25, 0.3) is 0 Å². The summed E-state index contributed by atoms with van der Waals surface area (Å²) in [6.45, 7) is 2.34. The van der Waals surface area contributed by atoms with Crippen LogP contribution in [0.15, 0.2) is 36.7 Å². The molecule has 0 saturated carbocycles. The maximum absolute atomic E-state index is 12.4. The maximum Gasteiger partial charge on any atom is 0.245 e. The fourth-order valence-corrected chi connectivity index (χ4v) is 2.14. The number of carbonyl (C=O) groups excluding carboxylic acids is 1. The quantitative estimate of drug-likeness (QED) is 0.750. The molecule has 1 amide bonds. The summed E-state index contributed by atoms with van der Waals surface area (Å²) in [6.07, 6.45) is 2.77. The molecule has 7 nitrogen and oxygen atoms in total. The number of tetrazole rings is 1. The van der Waals surface area contributed by atoms with E-state index in [9.17, 15) is 9.90 Å². The van der Waals surface area contributed by atoms with Crippen LogP contribution in [0.2, 0.25) is 0 Å². The number of nitrogens with one attached hydrogen (secondary N) is 1. The normalized spacial score (nSPS) is 13.5. The molecule has 2 rings (SSSR count). The van der Waals surface area contributed by atoms with Crippen LogP contribution in [0.3, 0.4) is 0 Å². The summed E-state index contributed by atoms with van der Waals surface area (Å²) in [5.74, 6) is -0.153. The lowest BCUT2D eigenvalue weighted by atomic mass is 10.1. The second-order valence-electron chi connectivity index (χ2n) is 5.14. The van der Waals surface area contributed by atoms with Crippen molar-refractivity contribution in [3.05, 3.63) is 42.2 Å². The van der Waals surface area contributed by atoms with E-state index >= 15 is 0 Å². The van der Waals surface area contributed by atoms with E-state index in [1.165, 1.54) is 11.0 Å². The number of benzene rings is 1. The van der Waals surface area contributed by atoms with Gasteiger partial charge in [0.15, 0.2) is 0 Å². The van der Waals surface area contributed by atoms with Gasteiger partial charge in [-0.25, -0.2) is 4.68 Å². The van der Waals surface area contributed by atoms with Crippen LogP contribution in [-0.4, -0.2) is 43.9 Å². The minimum Gasteiger partial charge on any atom is -0.393 e. The van der Waals surface area contributed by atoms with Crippen molar-refractivity contribution in [3.63, 3.8) is 0 Å². The van der Waals surface area contributed by atoms with Crippen LogP contribution in [0.4, 0.5) is 0 Å². The van der Waals surface area contributed by atoms with E-state index in [1.54, 1.807) is 0 Å². The lowest BCUT2D eigenvalue weighted by Gasteiger charge is -2.17. The Balaban J connectivity index is 2.00. The molecule has 0 aliphatic carbocycles. The van der Waals surface area contributed by atoms with Crippen LogP contribution in [0.25, 0.3) is 0 Å². The summed E-state index contributed by atoms with van der Waals surface area (Å²) >= 11 is 0. The Morgan fingerprint density at radius 3 is 2.77 bits per heavy atom. The molecule has 0 fully saturated rings. The molecule has 118 valence electrons. The lowest BCUT2D eigenvalue weighted by Crippen LogP contribution is -2.35. The summed E-state index contributed by atoms with van der Waals surface area (Å²) in [4.78, 5) is 12.4. The van der Waals surface area contributed by atoms with Gasteiger partial charge in [-0.05, 0) is 28.8 Å². The molecule has 0 saturated heterocycles. The predicted molar refractivity (Wildman–Crippen MR) is 80.9 cm³/mol. The number of hydrogen-bond donors (Lipinski definition) is 2. The van der Waals surface area contributed by atoms with E-state index in [0.717, 1.165) is 5.56 Å². The van der Waals surface area contributed by atoms with Gasteiger partial charge in [0.05, 0.1) is 6.10 Å². The summed E-state index contributed by atoms with van der Waals surface area (Å²) < 4.78 is 1.46. The number of nitrogens with zero attached hydrogens (tertiary/aromatic N) is 4. The van der Waals surface area contributed by atoms with Gasteiger partial charge in [0.2, 0.25) is 5.91 Å². The molecule has 0 radical (unpaired) electrons. The second kappa shape index (κ2) is 8.23. The molecule has 22 heavy (non-hydrogen) atoms. The van der Waals surface area contributed by atoms with Crippen molar-refractivity contribution < 1.29 is 9.90 Å². The highest BCUT2D eigenvalue weighted by Gasteiger charge is 2.22. The molecule has 2 unspecified atom stereocenters. The number of rotatable bonds is 8. The van der Waals surface area contributed by atoms with E-state index in [0.29, 0.717) is 25.8 Å². The molecular weight excluding hydrogens is 282 g/mol. The standard InChI is InChI=1S/C15H21N5O2/c1-2-13(21)8-9-16-15(22)14(20-11-17-18-19-20)10-12-6-4-3-5-7-12/h3-7,11,13-14,21H,2,8-10H2,1H3,(H,16,22). The third kappa shape index (κ3) is 4.63. The summed E-state index contributed by atoms with van der Waals surface area (Å²) in [5, 5.41) is 23.4. The average molecular weight is 303 g/mol. The molecule has 2 aromatic rings. The highest BCUT2D eigenvalue weighted by molar-refractivity contribution is 5.80. The van der Waals surface area contributed by atoms with Gasteiger partial charge in [0.1, 0.15) is 12.4 Å². The van der Waals surface area contributed by atoms with Crippen LogP contribution >= 0.6 is 0 Å². The molecule has 0 aliphatic rings. The van der Waals surface area contributed by atoms with E-state index in [1.807, 2.05) is 37.3 Å². The molecular formula is C15H21N5O2. The van der Waals surface area contributed by atoms with Crippen molar-refractivity contribution in [1.82, 2.24) is 25.5 Å². The van der Waals surface area contributed by atoms with Gasteiger partial charge in [-0.3, -0.25) is 4.79 Å². The van der Waals surface area contributed by atoms with Crippen molar-refractivity contribution in [2.24, 2.45) is 0 Å². The highest BCUT2D eigenvalue weighted by atomic mass is 16.3. The lowest BCUT2D eigenvalue weighted by molar-refractivity contribution is -0.124. The van der Waals surface area contributed by atoms with Crippen molar-refractivity contribution in [2.45, 2.75) is 38.3 Å². The molecule has 0 bridgehead atoms. The number of aromatic nitrogens is 4. The van der Waals surface area contributed by atoms with E-state index in [2.05, 4.69) is 20.8 Å². The first-order chi connectivity index (χ1) is 10.7. The molecule has 7 heteroatoms. The third-order valence-electron chi connectivity index (χ3n) is 3.51. The Morgan fingerprint density at radius 1 is 1.36 bits per heavy atom. The number of hydrogen-bond acceptors (Lipinski definition) is 5. The van der Waals surface area contributed by atoms with Gasteiger partial charge < -0.3 is 10.4 Å². The molecule has 2 atom stereocenters. The Morgan fingerprint density at radius 2 is 2.14 bits per heavy atom. The minimum absolute atomic E-state index is 0.153. The van der Waals surface area contributed by atoms with Gasteiger partial charge in [-0.2, -0.15) is 0 Å². The zero-order chi connectivity index (χ0) is 15.8. The van der Waals surface area contributed by atoms with Crippen LogP contribution in [-0.2, 0) is 11.2 Å². The van der Waals surface area contributed by atoms with Gasteiger partial charge in [-0.1, -0.05) is 37.3 Å². The first-order valence-corrected chi connectivity index (χ1v) is 7.43. The number of amides is 1. The van der Waals surface area contributed by atoms with E-state index in [4.69, 9.17) is 0 Å². The smallest absolute Gasteiger partial charge is 0.245 e. The number of aliphatic hydroxyl groups is 1. The highest BCUT2D eigenvalue weighted by Crippen LogP contribution is 2.13. The fraction of sp³-hybridized carbons (Fsp3) is 0.467. The van der Waals surface area contributed by atoms with Gasteiger partial charge >= 0.3 is 0 Å². The molecule has 1 aromatic heterocycles. The molecule has 1 aromatic carbocycles. The Labute approximate surface area is 129 Å². The number of aliphatic hydroxyl groups excluding tert-OH is 1. The topological polar surface area (TPSA) is 92.9 Å². The SMILES string of the molecule is CCC(O)CCNC(=O)C(Cc1ccccc1)n1cnnn1. The molecule has 0 aliphatic heterocycles. The van der Waals surface area contributed by atoms with Crippen molar-refractivity contribution in [1.29, 1.82) is 0 Å². The van der Waals surface area contributed by atoms with Crippen molar-refractivity contribution >= 4 is 5.91 Å². The monoisotopic (exact) mass is 303 g/mol. The van der Waals surface area contributed by atoms with Crippen molar-refractivity contribution in [3.8, 4) is 0 Å². The Hall–Kier alpha value is -2.28. The van der Waals surface area contributed by atoms with E-state index in [-0.39, 0.29) is 12.0 Å². The van der Waals surface area contributed by atoms with Crippen molar-refractivity contribution in [2.75, 3.05) is 6.54 Å². The molecule has 1 heterocycles. The fourth-order valence-electron chi connectivity index (χ4n) is 2.14. The second-order valence-corrected chi connectivity index (χ2v) is 5.14. The Bertz CT molecular complexity index is 559. The number of carbonyl (C=O) groups is 1. The van der Waals surface area contributed by atoms with Gasteiger partial charge in [-0.15, -0.1) is 5.10 Å². The van der Waals surface area contributed by atoms with Crippen LogP contribution in [0.5, 0.6) is 0 Å². The predicted octanol–water partition coefficient (Wildman–Crippen LogP) is 0.734. The first-order valence-electron chi connectivity index (χ1n) is 7.43. The average Bonchev–Trinajstić information content (AvgIpc) is 3.07. The molecule has 2 N–H and O–H groups in total. The summed E-state index contributed by atoms with van der Waals surface area (Å²) in [7, 11) is 0. The van der Waals surface area contributed by atoms with Gasteiger partial charge in [0, 0.05) is 13.0 Å². The maximum atomic E-state index is 12.4. The summed E-state index contributed by atoms with van der Waals surface area (Å²) in [6, 6.07) is 9.22. The van der Waals surface area contributed by atoms with Crippen LogP contribution < -0.4 is 5.32 Å². The molecule has 0 spiro atoms. The zero-order valence-electron chi connectivity index (χ0n) is 12.6. The third-order valence-corrected chi connectivity index (χ3v) is 3.51. The summed E-state index contributed by atoms with van der Waals surface area (Å²) in [5.41, 5.74) is 1.03. The minimum atomic E-state index is -0.504. The first kappa shape index (κ1) is 16.1. The Kier molecular flexibility index (Phi) is 6.02. The van der Waals surface area contributed by atoms with Crippen LogP contribution in [0, 0.1) is 0 Å².